The summed E-state index contributed by atoms with van der Waals surface area (Å²) in [6.07, 6.45) is 0. The fourth-order valence-electron chi connectivity index (χ4n) is 1.90. The van der Waals surface area contributed by atoms with Crippen LogP contribution in [0, 0.1) is 0 Å². The van der Waals surface area contributed by atoms with E-state index in [0.717, 1.165) is 5.39 Å². The van der Waals surface area contributed by atoms with E-state index in [1.165, 1.54) is 13.2 Å². The lowest BCUT2D eigenvalue weighted by atomic mass is 10.1. The highest BCUT2D eigenvalue weighted by molar-refractivity contribution is 7.89. The number of carbonyl (C=O) groups is 1. The molecule has 1 unspecified atom stereocenters. The van der Waals surface area contributed by atoms with Gasteiger partial charge in [0.05, 0.1) is 12.0 Å². The van der Waals surface area contributed by atoms with Gasteiger partial charge < -0.3 is 4.74 Å². The van der Waals surface area contributed by atoms with Crippen LogP contribution in [0.5, 0.6) is 0 Å². The van der Waals surface area contributed by atoms with Crippen LogP contribution in [0.2, 0.25) is 0 Å². The zero-order valence-electron chi connectivity index (χ0n) is 11.2. The zero-order valence-corrected chi connectivity index (χ0v) is 12.8. The average molecular weight is 328 g/mol. The third-order valence-electron chi connectivity index (χ3n) is 2.95. The van der Waals surface area contributed by atoms with E-state index in [-0.39, 0.29) is 11.4 Å². The lowest BCUT2D eigenvalue weighted by Gasteiger charge is -2.11. The van der Waals surface area contributed by atoms with Gasteiger partial charge in [-0.15, -0.1) is 11.6 Å². The number of benzene rings is 2. The first-order valence-corrected chi connectivity index (χ1v) is 8.07. The molecule has 0 radical (unpaired) electrons. The Morgan fingerprint density at radius 1 is 1.24 bits per heavy atom. The number of fused-ring (bicyclic) bond motifs is 1. The molecule has 0 spiro atoms. The molecule has 0 saturated heterocycles. The number of nitrogens with one attached hydrogen (secondary N) is 1. The highest BCUT2D eigenvalue weighted by Crippen LogP contribution is 2.22. The van der Waals surface area contributed by atoms with Gasteiger partial charge in [-0.25, -0.2) is 13.1 Å². The number of esters is 1. The van der Waals surface area contributed by atoms with Crippen molar-refractivity contribution in [2.45, 2.75) is 10.3 Å². The van der Waals surface area contributed by atoms with E-state index in [2.05, 4.69) is 9.46 Å². The molecule has 2 aromatic rings. The fraction of sp³-hybridized carbons (Fsp3) is 0.214. The van der Waals surface area contributed by atoms with Crippen molar-refractivity contribution in [3.63, 3.8) is 0 Å². The first kappa shape index (κ1) is 15.8. The Labute approximate surface area is 127 Å². The lowest BCUT2D eigenvalue weighted by Crippen LogP contribution is -2.34. The molecule has 0 aliphatic carbocycles. The number of ether oxygens (including phenoxy) is 1. The molecule has 5 nitrogen and oxygen atoms in total. The second kappa shape index (κ2) is 6.43. The molecule has 2 rings (SSSR count). The molecule has 1 N–H and O–H groups in total. The summed E-state index contributed by atoms with van der Waals surface area (Å²) in [5.41, 5.74) is 0. The second-order valence-electron chi connectivity index (χ2n) is 4.32. The quantitative estimate of drug-likeness (QED) is 0.672. The number of halogens is 1. The van der Waals surface area contributed by atoms with Gasteiger partial charge in [0.15, 0.2) is 0 Å². The molecule has 7 heteroatoms. The van der Waals surface area contributed by atoms with Crippen LogP contribution in [0.3, 0.4) is 0 Å². The maximum atomic E-state index is 12.3. The molecule has 2 aromatic carbocycles. The summed E-state index contributed by atoms with van der Waals surface area (Å²) in [5, 5.41) is 0.354. The van der Waals surface area contributed by atoms with Crippen LogP contribution in [-0.4, -0.2) is 33.4 Å². The van der Waals surface area contributed by atoms with Crippen molar-refractivity contribution in [3.05, 3.63) is 42.5 Å². The van der Waals surface area contributed by atoms with Gasteiger partial charge in [0.2, 0.25) is 10.0 Å². The predicted octanol–water partition coefficient (Wildman–Crippen LogP) is 1.90. The molecular weight excluding hydrogens is 314 g/mol. The lowest BCUT2D eigenvalue weighted by molar-refractivity contribution is -0.140. The van der Waals surface area contributed by atoms with Gasteiger partial charge in [0, 0.05) is 11.9 Å². The van der Waals surface area contributed by atoms with Crippen molar-refractivity contribution in [2.24, 2.45) is 0 Å². The van der Waals surface area contributed by atoms with E-state index < -0.39 is 21.4 Å². The zero-order chi connectivity index (χ0) is 15.5. The molecule has 1 atom stereocenters. The summed E-state index contributed by atoms with van der Waals surface area (Å²) in [7, 11) is -2.57. The van der Waals surface area contributed by atoms with Crippen molar-refractivity contribution >= 4 is 38.4 Å². The van der Waals surface area contributed by atoms with Gasteiger partial charge >= 0.3 is 5.97 Å². The van der Waals surface area contributed by atoms with Gasteiger partial charge in [-0.05, 0) is 11.5 Å². The Balaban J connectivity index is 2.28. The van der Waals surface area contributed by atoms with E-state index in [1.807, 2.05) is 18.2 Å². The number of alkyl halides is 1. The molecule has 0 saturated carbocycles. The standard InChI is InChI=1S/C14H14ClNO4S/c1-20-14(17)12(15)9-16-21(18,19)13-8-4-6-10-5-2-3-7-11(10)13/h2-8,12,16H,9H2,1H3. The van der Waals surface area contributed by atoms with Crippen LogP contribution in [0.4, 0.5) is 0 Å². The monoisotopic (exact) mass is 327 g/mol. The minimum absolute atomic E-state index is 0.148. The molecule has 112 valence electrons. The first-order chi connectivity index (χ1) is 9.95. The van der Waals surface area contributed by atoms with Crippen LogP contribution >= 0.6 is 11.6 Å². The van der Waals surface area contributed by atoms with Crippen LogP contribution in [0.25, 0.3) is 10.8 Å². The van der Waals surface area contributed by atoms with Gasteiger partial charge in [-0.1, -0.05) is 36.4 Å². The minimum atomic E-state index is -3.77. The topological polar surface area (TPSA) is 72.5 Å². The largest absolute Gasteiger partial charge is 0.468 e. The molecule has 0 aromatic heterocycles. The third-order valence-corrected chi connectivity index (χ3v) is 4.76. The van der Waals surface area contributed by atoms with E-state index in [0.29, 0.717) is 5.39 Å². The van der Waals surface area contributed by atoms with Gasteiger partial charge in [0.1, 0.15) is 5.38 Å². The maximum absolute atomic E-state index is 12.3. The molecular formula is C14H14ClNO4S. The smallest absolute Gasteiger partial charge is 0.325 e. The van der Waals surface area contributed by atoms with Gasteiger partial charge in [-0.3, -0.25) is 4.79 Å². The van der Waals surface area contributed by atoms with E-state index in [1.54, 1.807) is 18.2 Å². The Morgan fingerprint density at radius 3 is 2.62 bits per heavy atom. The molecule has 0 bridgehead atoms. The number of rotatable bonds is 5. The normalized spacial score (nSPS) is 13.0. The summed E-state index contributed by atoms with van der Waals surface area (Å²) >= 11 is 5.74. The van der Waals surface area contributed by atoms with Crippen molar-refractivity contribution in [3.8, 4) is 0 Å². The predicted molar refractivity (Wildman–Crippen MR) is 80.8 cm³/mol. The van der Waals surface area contributed by atoms with Crippen LogP contribution < -0.4 is 4.72 Å². The summed E-state index contributed by atoms with van der Waals surface area (Å²) in [6, 6.07) is 12.1. The molecule has 0 aliphatic rings. The molecule has 0 amide bonds. The van der Waals surface area contributed by atoms with Crippen molar-refractivity contribution in [2.75, 3.05) is 13.7 Å². The summed E-state index contributed by atoms with van der Waals surface area (Å²) in [4.78, 5) is 11.3. The number of methoxy groups -OCH3 is 1. The van der Waals surface area contributed by atoms with E-state index in [4.69, 9.17) is 11.6 Å². The SMILES string of the molecule is COC(=O)C(Cl)CNS(=O)(=O)c1cccc2ccccc12. The Kier molecular flexibility index (Phi) is 4.82. The second-order valence-corrected chi connectivity index (χ2v) is 6.58. The number of sulfonamides is 1. The van der Waals surface area contributed by atoms with Gasteiger partial charge in [-0.2, -0.15) is 0 Å². The number of carbonyl (C=O) groups excluding carboxylic acids is 1. The van der Waals surface area contributed by atoms with Crippen molar-refractivity contribution in [1.82, 2.24) is 4.72 Å². The number of hydrogen-bond acceptors (Lipinski definition) is 4. The molecule has 0 fully saturated rings. The Morgan fingerprint density at radius 2 is 1.90 bits per heavy atom. The van der Waals surface area contributed by atoms with Crippen LogP contribution in [0.1, 0.15) is 0 Å². The molecule has 0 heterocycles. The van der Waals surface area contributed by atoms with E-state index >= 15 is 0 Å². The minimum Gasteiger partial charge on any atom is -0.468 e. The average Bonchev–Trinajstić information content (AvgIpc) is 2.51. The third kappa shape index (κ3) is 3.53. The molecule has 21 heavy (non-hydrogen) atoms. The van der Waals surface area contributed by atoms with Crippen LogP contribution in [-0.2, 0) is 19.6 Å². The maximum Gasteiger partial charge on any atom is 0.325 e. The van der Waals surface area contributed by atoms with Crippen LogP contribution in [0.15, 0.2) is 47.4 Å². The summed E-state index contributed by atoms with van der Waals surface area (Å²) in [5.74, 6) is -0.683. The first-order valence-electron chi connectivity index (χ1n) is 6.15. The van der Waals surface area contributed by atoms with Crippen molar-refractivity contribution in [1.29, 1.82) is 0 Å². The summed E-state index contributed by atoms with van der Waals surface area (Å²) in [6.45, 7) is -0.236. The molecule has 0 aliphatic heterocycles. The Bertz CT molecular complexity index is 755. The highest BCUT2D eigenvalue weighted by atomic mass is 35.5. The highest BCUT2D eigenvalue weighted by Gasteiger charge is 2.22. The number of hydrogen-bond donors (Lipinski definition) is 1. The Hall–Kier alpha value is -1.63. The fourth-order valence-corrected chi connectivity index (χ4v) is 3.43. The van der Waals surface area contributed by atoms with Crippen molar-refractivity contribution < 1.29 is 17.9 Å². The van der Waals surface area contributed by atoms with E-state index in [9.17, 15) is 13.2 Å². The van der Waals surface area contributed by atoms with Gasteiger partial charge in [0.25, 0.3) is 0 Å². The summed E-state index contributed by atoms with van der Waals surface area (Å²) < 4.78 is 31.4.